The third-order valence-corrected chi connectivity index (χ3v) is 3.73. The van der Waals surface area contributed by atoms with Gasteiger partial charge in [0.2, 0.25) is 0 Å². The van der Waals surface area contributed by atoms with Crippen LogP contribution in [-0.4, -0.2) is 30.2 Å². The fourth-order valence-electron chi connectivity index (χ4n) is 1.36. The molecule has 0 radical (unpaired) electrons. The van der Waals surface area contributed by atoms with Crippen LogP contribution in [0.3, 0.4) is 0 Å². The van der Waals surface area contributed by atoms with E-state index in [1.54, 1.807) is 0 Å². The van der Waals surface area contributed by atoms with Crippen molar-refractivity contribution in [1.82, 2.24) is 5.32 Å². The van der Waals surface area contributed by atoms with Crippen LogP contribution in [0.1, 0.15) is 5.56 Å². The fourth-order valence-corrected chi connectivity index (χ4v) is 2.36. The van der Waals surface area contributed by atoms with Crippen molar-refractivity contribution in [1.29, 1.82) is 0 Å². The number of thiocarbonyl (C=S) groups is 1. The highest BCUT2D eigenvalue weighted by molar-refractivity contribution is 7.99. The molecular weight excluding hydrogens is 344 g/mol. The Balaban J connectivity index is 2.87. The highest BCUT2D eigenvalue weighted by Gasteiger charge is 2.27. The minimum atomic E-state index is -4.33. The Bertz CT molecular complexity index is 579. The lowest BCUT2D eigenvalue weighted by Gasteiger charge is -2.13. The van der Waals surface area contributed by atoms with Gasteiger partial charge in [-0.15, -0.1) is 11.8 Å². The van der Waals surface area contributed by atoms with E-state index < -0.39 is 23.8 Å². The highest BCUT2D eigenvalue weighted by atomic mass is 32.2. The number of benzene rings is 1. The minimum Gasteiger partial charge on any atom is -0.453 e. The van der Waals surface area contributed by atoms with Crippen molar-refractivity contribution in [2.24, 2.45) is 0 Å². The van der Waals surface area contributed by atoms with Crippen LogP contribution < -0.4 is 10.6 Å². The van der Waals surface area contributed by atoms with Crippen LogP contribution in [0.5, 0.6) is 0 Å². The Morgan fingerprint density at radius 3 is 2.59 bits per heavy atom. The summed E-state index contributed by atoms with van der Waals surface area (Å²) in [4.78, 5) is 11.2. The molecule has 22 heavy (non-hydrogen) atoms. The van der Waals surface area contributed by atoms with Crippen molar-refractivity contribution in [3.8, 4) is 0 Å². The number of alkyl carbamates (subject to hydrolysis) is 1. The second kappa shape index (κ2) is 7.63. The van der Waals surface area contributed by atoms with Crippen LogP contribution in [0.4, 0.5) is 28.0 Å². The van der Waals surface area contributed by atoms with Crippen LogP contribution in [0.15, 0.2) is 17.0 Å². The fraction of sp³-hybridized carbons (Fsp3) is 0.333. The maximum absolute atomic E-state index is 13.8. The van der Waals surface area contributed by atoms with Crippen molar-refractivity contribution >= 4 is 40.9 Å². The molecule has 122 valence electrons. The first-order valence-corrected chi connectivity index (χ1v) is 7.17. The Kier molecular flexibility index (Phi) is 6.42. The van der Waals surface area contributed by atoms with Gasteiger partial charge < -0.3 is 10.1 Å². The lowest BCUT2D eigenvalue weighted by atomic mass is 10.2. The monoisotopic (exact) mass is 356 g/mol. The maximum atomic E-state index is 13.8. The van der Waals surface area contributed by atoms with Gasteiger partial charge in [-0.2, -0.15) is 13.2 Å². The van der Waals surface area contributed by atoms with Crippen LogP contribution in [0.25, 0.3) is 0 Å². The Morgan fingerprint density at radius 1 is 1.41 bits per heavy atom. The number of halogens is 4. The van der Waals surface area contributed by atoms with Gasteiger partial charge in [0, 0.05) is 4.90 Å². The van der Waals surface area contributed by atoms with Crippen molar-refractivity contribution in [3.63, 3.8) is 0 Å². The number of rotatable bonds is 3. The SMILES string of the molecule is COC(=O)NC(=S)Nc1cc(SCC(F)(F)F)c(C)cc1F. The molecular formula is C12H12F4N2O2S2. The summed E-state index contributed by atoms with van der Waals surface area (Å²) in [6.45, 7) is 1.50. The second-order valence-electron chi connectivity index (χ2n) is 4.07. The normalized spacial score (nSPS) is 11.0. The number of anilines is 1. The van der Waals surface area contributed by atoms with Gasteiger partial charge in [-0.05, 0) is 36.8 Å². The van der Waals surface area contributed by atoms with E-state index in [-0.39, 0.29) is 15.7 Å². The van der Waals surface area contributed by atoms with E-state index >= 15 is 0 Å². The molecule has 0 spiro atoms. The van der Waals surface area contributed by atoms with Crippen LogP contribution in [0.2, 0.25) is 0 Å². The Labute approximate surface area is 133 Å². The molecule has 4 nitrogen and oxygen atoms in total. The number of aryl methyl sites for hydroxylation is 1. The molecule has 0 unspecified atom stereocenters. The molecule has 0 saturated heterocycles. The zero-order chi connectivity index (χ0) is 16.9. The third kappa shape index (κ3) is 6.06. The molecule has 0 bridgehead atoms. The molecule has 0 heterocycles. The zero-order valence-corrected chi connectivity index (χ0v) is 13.1. The molecule has 0 aliphatic heterocycles. The molecule has 0 aliphatic rings. The smallest absolute Gasteiger partial charge is 0.413 e. The molecule has 0 atom stereocenters. The number of alkyl halides is 3. The number of nitrogens with one attached hydrogen (secondary N) is 2. The quantitative estimate of drug-likeness (QED) is 0.490. The number of amides is 1. The van der Waals surface area contributed by atoms with Gasteiger partial charge in [-0.3, -0.25) is 5.32 Å². The number of carbonyl (C=O) groups is 1. The zero-order valence-electron chi connectivity index (χ0n) is 11.5. The number of hydrogen-bond acceptors (Lipinski definition) is 4. The second-order valence-corrected chi connectivity index (χ2v) is 5.50. The van der Waals surface area contributed by atoms with E-state index in [1.165, 1.54) is 13.0 Å². The topological polar surface area (TPSA) is 50.4 Å². The lowest BCUT2D eigenvalue weighted by Crippen LogP contribution is -2.34. The standard InChI is InChI=1S/C12H12F4N2O2S2/c1-6-3-7(13)8(17-10(21)18-11(19)20-2)4-9(6)22-5-12(14,15)16/h3-4H,5H2,1-2H3,(H2,17,18,19,21). The molecule has 0 saturated carbocycles. The first kappa shape index (κ1) is 18.5. The van der Waals surface area contributed by atoms with Crippen LogP contribution in [-0.2, 0) is 4.74 Å². The van der Waals surface area contributed by atoms with E-state index in [2.05, 4.69) is 15.4 Å². The summed E-state index contributed by atoms with van der Waals surface area (Å²) in [6, 6.07) is 2.29. The molecule has 10 heteroatoms. The largest absolute Gasteiger partial charge is 0.453 e. The minimum absolute atomic E-state index is 0.142. The Morgan fingerprint density at radius 2 is 2.05 bits per heavy atom. The average Bonchev–Trinajstić information content (AvgIpc) is 2.39. The third-order valence-electron chi connectivity index (χ3n) is 2.31. The van der Waals surface area contributed by atoms with E-state index in [9.17, 15) is 22.4 Å². The molecule has 2 N–H and O–H groups in total. The highest BCUT2D eigenvalue weighted by Crippen LogP contribution is 2.32. The lowest BCUT2D eigenvalue weighted by molar-refractivity contribution is -0.105. The number of carbonyl (C=O) groups excluding carboxylic acids is 1. The first-order valence-electron chi connectivity index (χ1n) is 5.78. The average molecular weight is 356 g/mol. The molecule has 0 aromatic heterocycles. The molecule has 1 rings (SSSR count). The van der Waals surface area contributed by atoms with E-state index in [1.807, 2.05) is 0 Å². The van der Waals surface area contributed by atoms with Gasteiger partial charge in [0.15, 0.2) is 5.11 Å². The van der Waals surface area contributed by atoms with Crippen LogP contribution >= 0.6 is 24.0 Å². The van der Waals surface area contributed by atoms with Crippen molar-refractivity contribution in [2.45, 2.75) is 18.0 Å². The predicted octanol–water partition coefficient (Wildman–Crippen LogP) is 3.84. The maximum Gasteiger partial charge on any atom is 0.413 e. The molecule has 1 aromatic carbocycles. The Hall–Kier alpha value is -1.55. The van der Waals surface area contributed by atoms with Gasteiger partial charge in [-0.1, -0.05) is 0 Å². The number of hydrogen-bond donors (Lipinski definition) is 2. The van der Waals surface area contributed by atoms with E-state index in [0.717, 1.165) is 13.2 Å². The summed E-state index contributed by atoms with van der Waals surface area (Å²) in [6.07, 6.45) is -5.18. The van der Waals surface area contributed by atoms with Crippen LogP contribution in [0, 0.1) is 12.7 Å². The molecule has 0 fully saturated rings. The summed E-state index contributed by atoms with van der Waals surface area (Å²) in [5, 5.41) is 4.26. The summed E-state index contributed by atoms with van der Waals surface area (Å²) < 4.78 is 54.9. The number of thioether (sulfide) groups is 1. The van der Waals surface area contributed by atoms with Crippen molar-refractivity contribution < 1.29 is 27.1 Å². The van der Waals surface area contributed by atoms with Gasteiger partial charge in [0.1, 0.15) is 5.82 Å². The van der Waals surface area contributed by atoms with E-state index in [0.29, 0.717) is 17.3 Å². The van der Waals surface area contributed by atoms with Gasteiger partial charge >= 0.3 is 12.3 Å². The summed E-state index contributed by atoms with van der Waals surface area (Å²) in [5.41, 5.74) is 0.223. The predicted molar refractivity (Wildman–Crippen MR) is 79.7 cm³/mol. The van der Waals surface area contributed by atoms with Gasteiger partial charge in [0.05, 0.1) is 18.6 Å². The summed E-state index contributed by atoms with van der Waals surface area (Å²) in [5.74, 6) is -1.80. The summed E-state index contributed by atoms with van der Waals surface area (Å²) in [7, 11) is 1.12. The molecule has 1 aromatic rings. The van der Waals surface area contributed by atoms with Gasteiger partial charge in [-0.25, -0.2) is 9.18 Å². The molecule has 1 amide bonds. The van der Waals surface area contributed by atoms with E-state index in [4.69, 9.17) is 12.2 Å². The van der Waals surface area contributed by atoms with Crippen molar-refractivity contribution in [2.75, 3.05) is 18.2 Å². The number of ether oxygens (including phenoxy) is 1. The number of methoxy groups -OCH3 is 1. The first-order chi connectivity index (χ1) is 10.1. The molecule has 0 aliphatic carbocycles. The van der Waals surface area contributed by atoms with Crippen molar-refractivity contribution in [3.05, 3.63) is 23.5 Å². The van der Waals surface area contributed by atoms with Gasteiger partial charge in [0.25, 0.3) is 0 Å². The summed E-state index contributed by atoms with van der Waals surface area (Å²) >= 11 is 5.30.